The van der Waals surface area contributed by atoms with Crippen molar-refractivity contribution in [3.8, 4) is 0 Å². The summed E-state index contributed by atoms with van der Waals surface area (Å²) in [5, 5.41) is 12.1. The molecule has 0 aliphatic carbocycles. The van der Waals surface area contributed by atoms with Gasteiger partial charge in [-0.05, 0) is 32.0 Å². The van der Waals surface area contributed by atoms with E-state index in [9.17, 15) is 29.3 Å². The van der Waals surface area contributed by atoms with E-state index in [4.69, 9.17) is 0 Å². The Kier molecular flexibility index (Phi) is 6.29. The van der Waals surface area contributed by atoms with Crippen molar-refractivity contribution in [2.45, 2.75) is 18.9 Å². The zero-order valence-electron chi connectivity index (χ0n) is 17.4. The first-order valence-electron chi connectivity index (χ1n) is 9.78. The van der Waals surface area contributed by atoms with Crippen LogP contribution < -0.4 is 0 Å². The molecule has 2 heterocycles. The summed E-state index contributed by atoms with van der Waals surface area (Å²) in [6.45, 7) is 0.593. The van der Waals surface area contributed by atoms with Gasteiger partial charge in [0.25, 0.3) is 23.4 Å². The molecule has 2 aliphatic heterocycles. The number of likely N-dealkylation sites (tertiary alicyclic amines) is 1. The minimum atomic E-state index is -1.14. The number of non-ortho nitro benzene ring substituents is 1. The second-order valence-electron chi connectivity index (χ2n) is 7.88. The second kappa shape index (κ2) is 8.64. The zero-order chi connectivity index (χ0) is 22.4. The van der Waals surface area contributed by atoms with Crippen molar-refractivity contribution >= 4 is 52.5 Å². The molecule has 1 atom stereocenters. The van der Waals surface area contributed by atoms with Gasteiger partial charge in [-0.1, -0.05) is 12.1 Å². The number of imide groups is 2. The highest BCUT2D eigenvalue weighted by Crippen LogP contribution is 2.35. The summed E-state index contributed by atoms with van der Waals surface area (Å²) < 4.78 is 0. The summed E-state index contributed by atoms with van der Waals surface area (Å²) in [6, 6.07) is 6.01. The Morgan fingerprint density at radius 2 is 1.78 bits per heavy atom. The van der Waals surface area contributed by atoms with Gasteiger partial charge in [-0.15, -0.1) is 12.4 Å². The molecule has 4 rings (SSSR count). The molecular formula is C21H21ClN4O6. The minimum absolute atomic E-state index is 0. The van der Waals surface area contributed by atoms with Crippen molar-refractivity contribution in [1.29, 1.82) is 0 Å². The fraction of sp³-hybridized carbons (Fsp3) is 0.333. The topological polar surface area (TPSA) is 121 Å². The quantitative estimate of drug-likeness (QED) is 0.379. The van der Waals surface area contributed by atoms with E-state index in [1.165, 1.54) is 12.1 Å². The first-order chi connectivity index (χ1) is 14.7. The van der Waals surface area contributed by atoms with Crippen LogP contribution >= 0.6 is 12.4 Å². The van der Waals surface area contributed by atoms with E-state index >= 15 is 0 Å². The van der Waals surface area contributed by atoms with E-state index in [1.54, 1.807) is 26.2 Å². The first-order valence-corrected chi connectivity index (χ1v) is 9.78. The van der Waals surface area contributed by atoms with Crippen LogP contribution in [0.4, 0.5) is 5.69 Å². The second-order valence-corrected chi connectivity index (χ2v) is 7.88. The maximum absolute atomic E-state index is 13.3. The molecule has 10 nitrogen and oxygen atoms in total. The minimum Gasteiger partial charge on any atom is -0.308 e. The van der Waals surface area contributed by atoms with Gasteiger partial charge in [-0.25, -0.2) is 0 Å². The predicted molar refractivity (Wildman–Crippen MR) is 117 cm³/mol. The zero-order valence-corrected chi connectivity index (χ0v) is 18.3. The number of amides is 4. The molecule has 0 saturated carbocycles. The fourth-order valence-corrected chi connectivity index (χ4v) is 4.10. The highest BCUT2D eigenvalue weighted by atomic mass is 35.5. The summed E-state index contributed by atoms with van der Waals surface area (Å²) in [4.78, 5) is 66.4. The number of nitro benzene ring substituents is 1. The van der Waals surface area contributed by atoms with Crippen LogP contribution in [0.5, 0.6) is 0 Å². The summed E-state index contributed by atoms with van der Waals surface area (Å²) >= 11 is 0. The lowest BCUT2D eigenvalue weighted by atomic mass is 9.91. The Bertz CT molecular complexity index is 1160. The highest BCUT2D eigenvalue weighted by Gasteiger charge is 2.45. The largest absolute Gasteiger partial charge is 0.308 e. The summed E-state index contributed by atoms with van der Waals surface area (Å²) in [6.07, 6.45) is 0.0424. The van der Waals surface area contributed by atoms with Crippen molar-refractivity contribution in [3.63, 3.8) is 0 Å². The SMILES string of the molecule is CN(C)CCN1C(=O)CCC(N2C(=O)c3cccc4cc([N+](=O)[O-])cc(c34)C2=O)C1=O.Cl. The third-order valence-corrected chi connectivity index (χ3v) is 5.64. The normalized spacial score (nSPS) is 18.4. The number of benzene rings is 2. The van der Waals surface area contributed by atoms with Gasteiger partial charge in [0, 0.05) is 42.6 Å². The maximum atomic E-state index is 13.3. The van der Waals surface area contributed by atoms with Crippen molar-refractivity contribution in [3.05, 3.63) is 51.6 Å². The highest BCUT2D eigenvalue weighted by molar-refractivity contribution is 6.27. The molecule has 0 bridgehead atoms. The molecule has 4 amide bonds. The fourth-order valence-electron chi connectivity index (χ4n) is 4.10. The molecule has 2 aliphatic rings. The van der Waals surface area contributed by atoms with Gasteiger partial charge < -0.3 is 4.90 Å². The van der Waals surface area contributed by atoms with Crippen LogP contribution in [0.15, 0.2) is 30.3 Å². The summed E-state index contributed by atoms with van der Waals surface area (Å²) in [7, 11) is 3.61. The number of piperidine rings is 1. The number of nitrogens with zero attached hydrogens (tertiary/aromatic N) is 4. The third kappa shape index (κ3) is 3.71. The average Bonchev–Trinajstić information content (AvgIpc) is 2.72. The Morgan fingerprint density at radius 1 is 1.09 bits per heavy atom. The summed E-state index contributed by atoms with van der Waals surface area (Å²) in [5.41, 5.74) is -0.0736. The molecule has 1 fully saturated rings. The molecule has 1 unspecified atom stereocenters. The number of hydrogen-bond donors (Lipinski definition) is 0. The lowest BCUT2D eigenvalue weighted by molar-refractivity contribution is -0.384. The molecule has 0 spiro atoms. The Balaban J connectivity index is 0.00000289. The van der Waals surface area contributed by atoms with Crippen LogP contribution in [0.25, 0.3) is 10.8 Å². The lowest BCUT2D eigenvalue weighted by Crippen LogP contribution is -2.59. The molecule has 0 aromatic heterocycles. The average molecular weight is 461 g/mol. The Hall–Kier alpha value is -3.37. The van der Waals surface area contributed by atoms with Crippen LogP contribution in [0.2, 0.25) is 0 Å². The molecule has 2 aromatic carbocycles. The number of carbonyl (C=O) groups excluding carboxylic acids is 4. The Morgan fingerprint density at radius 3 is 2.44 bits per heavy atom. The molecular weight excluding hydrogens is 440 g/mol. The number of carbonyl (C=O) groups is 4. The summed E-state index contributed by atoms with van der Waals surface area (Å²) in [5.74, 6) is -2.37. The van der Waals surface area contributed by atoms with Crippen molar-refractivity contribution in [2.75, 3.05) is 27.2 Å². The van der Waals surface area contributed by atoms with Crippen LogP contribution in [-0.2, 0) is 9.59 Å². The molecule has 168 valence electrons. The monoisotopic (exact) mass is 460 g/mol. The lowest BCUT2D eigenvalue weighted by Gasteiger charge is -2.38. The van der Waals surface area contributed by atoms with Crippen molar-refractivity contribution in [2.24, 2.45) is 0 Å². The molecule has 1 saturated heterocycles. The van der Waals surface area contributed by atoms with Crippen LogP contribution in [0, 0.1) is 10.1 Å². The van der Waals surface area contributed by atoms with E-state index in [0.29, 0.717) is 17.3 Å². The number of halogens is 1. The van der Waals surface area contributed by atoms with Gasteiger partial charge in [0.15, 0.2) is 0 Å². The van der Waals surface area contributed by atoms with Gasteiger partial charge in [0.05, 0.1) is 10.5 Å². The van der Waals surface area contributed by atoms with E-state index in [2.05, 4.69) is 0 Å². The van der Waals surface area contributed by atoms with Gasteiger partial charge in [-0.2, -0.15) is 0 Å². The number of likely N-dealkylation sites (N-methyl/N-ethyl adjacent to an activating group) is 1. The van der Waals surface area contributed by atoms with Gasteiger partial charge in [-0.3, -0.25) is 39.1 Å². The van der Waals surface area contributed by atoms with Crippen LogP contribution in [0.1, 0.15) is 33.6 Å². The van der Waals surface area contributed by atoms with Gasteiger partial charge in [0.2, 0.25) is 5.91 Å². The molecule has 0 N–H and O–H groups in total. The number of rotatable bonds is 5. The van der Waals surface area contributed by atoms with Crippen LogP contribution in [0.3, 0.4) is 0 Å². The van der Waals surface area contributed by atoms with Gasteiger partial charge in [0.1, 0.15) is 6.04 Å². The van der Waals surface area contributed by atoms with E-state index in [1.807, 2.05) is 4.90 Å². The number of hydrogen-bond acceptors (Lipinski definition) is 7. The van der Waals surface area contributed by atoms with E-state index in [-0.39, 0.29) is 54.5 Å². The smallest absolute Gasteiger partial charge is 0.270 e. The third-order valence-electron chi connectivity index (χ3n) is 5.64. The van der Waals surface area contributed by atoms with Crippen molar-refractivity contribution in [1.82, 2.24) is 14.7 Å². The standard InChI is InChI=1S/C21H20N4O6.ClH/c1-22(2)8-9-23-17(26)7-6-16(21(23)29)24-19(27)14-5-3-4-12-10-13(25(30)31)11-15(18(12)14)20(24)28;/h3-5,10-11,16H,6-9H2,1-2H3;1H. The predicted octanol–water partition coefficient (Wildman–Crippen LogP) is 1.84. The first kappa shape index (κ1) is 23.3. The molecule has 2 aromatic rings. The van der Waals surface area contributed by atoms with Crippen molar-refractivity contribution < 1.29 is 24.1 Å². The van der Waals surface area contributed by atoms with E-state index < -0.39 is 28.7 Å². The maximum Gasteiger partial charge on any atom is 0.270 e. The van der Waals surface area contributed by atoms with Crippen LogP contribution in [-0.4, -0.2) is 76.5 Å². The molecule has 32 heavy (non-hydrogen) atoms. The molecule has 11 heteroatoms. The molecule has 0 radical (unpaired) electrons. The number of nitro groups is 1. The van der Waals surface area contributed by atoms with E-state index in [0.717, 1.165) is 15.9 Å². The van der Waals surface area contributed by atoms with Gasteiger partial charge >= 0.3 is 0 Å². The Labute approximate surface area is 189 Å².